The predicted octanol–water partition coefficient (Wildman–Crippen LogP) is 0.590. The SMILES string of the molecule is COC1(C)CN(C(=O)C#CBr)C1. The molecule has 66 valence electrons. The Bertz CT molecular complexity index is 248. The number of hydrogen-bond donors (Lipinski definition) is 0. The van der Waals surface area contributed by atoms with Gasteiger partial charge in [0, 0.05) is 29.0 Å². The third-order valence-electron chi connectivity index (χ3n) is 1.98. The summed E-state index contributed by atoms with van der Waals surface area (Å²) in [5.41, 5.74) is -0.163. The molecule has 12 heavy (non-hydrogen) atoms. The zero-order valence-electron chi connectivity index (χ0n) is 7.06. The van der Waals surface area contributed by atoms with E-state index >= 15 is 0 Å². The van der Waals surface area contributed by atoms with Crippen LogP contribution in [-0.4, -0.2) is 36.6 Å². The summed E-state index contributed by atoms with van der Waals surface area (Å²) in [5.74, 6) is 2.26. The topological polar surface area (TPSA) is 29.5 Å². The molecule has 0 atom stereocenters. The second kappa shape index (κ2) is 3.46. The first-order chi connectivity index (χ1) is 5.61. The van der Waals surface area contributed by atoms with E-state index in [1.807, 2.05) is 6.92 Å². The number of carbonyl (C=O) groups is 1. The summed E-state index contributed by atoms with van der Waals surface area (Å²) in [6.07, 6.45) is 0. The van der Waals surface area contributed by atoms with Crippen LogP contribution in [0.2, 0.25) is 0 Å². The van der Waals surface area contributed by atoms with E-state index in [9.17, 15) is 4.79 Å². The van der Waals surface area contributed by atoms with Gasteiger partial charge in [-0.05, 0) is 11.8 Å². The molecule has 0 unspecified atom stereocenters. The molecule has 4 heteroatoms. The number of rotatable bonds is 1. The number of halogens is 1. The molecular weight excluding hydrogens is 222 g/mol. The highest BCUT2D eigenvalue weighted by atomic mass is 79.9. The van der Waals surface area contributed by atoms with Crippen molar-refractivity contribution in [2.24, 2.45) is 0 Å². The fourth-order valence-electron chi connectivity index (χ4n) is 1.15. The highest BCUT2D eigenvalue weighted by Crippen LogP contribution is 2.23. The van der Waals surface area contributed by atoms with E-state index in [0.717, 1.165) is 0 Å². The maximum atomic E-state index is 11.1. The smallest absolute Gasteiger partial charge is 0.299 e. The van der Waals surface area contributed by atoms with Crippen LogP contribution in [0.25, 0.3) is 0 Å². The van der Waals surface area contributed by atoms with Gasteiger partial charge in [-0.3, -0.25) is 4.79 Å². The van der Waals surface area contributed by atoms with Crippen molar-refractivity contribution in [3.8, 4) is 10.8 Å². The van der Waals surface area contributed by atoms with Crippen molar-refractivity contribution in [3.63, 3.8) is 0 Å². The standard InChI is InChI=1S/C8H10BrNO2/c1-8(12-2)5-10(6-8)7(11)3-4-9/h5-6H2,1-2H3. The van der Waals surface area contributed by atoms with Gasteiger partial charge < -0.3 is 9.64 Å². The van der Waals surface area contributed by atoms with E-state index in [2.05, 4.69) is 26.7 Å². The lowest BCUT2D eigenvalue weighted by Crippen LogP contribution is -2.62. The van der Waals surface area contributed by atoms with Crippen molar-refractivity contribution in [3.05, 3.63) is 0 Å². The van der Waals surface area contributed by atoms with Crippen LogP contribution in [0, 0.1) is 10.8 Å². The van der Waals surface area contributed by atoms with Crippen LogP contribution in [0.15, 0.2) is 0 Å². The van der Waals surface area contributed by atoms with Gasteiger partial charge in [0.2, 0.25) is 0 Å². The molecule has 0 aliphatic carbocycles. The van der Waals surface area contributed by atoms with Crippen molar-refractivity contribution >= 4 is 21.8 Å². The number of nitrogens with zero attached hydrogens (tertiary/aromatic N) is 1. The average Bonchev–Trinajstić information content (AvgIpc) is 1.99. The molecular formula is C8H10BrNO2. The molecule has 1 heterocycles. The van der Waals surface area contributed by atoms with Crippen LogP contribution in [0.3, 0.4) is 0 Å². The number of ether oxygens (including phenoxy) is 1. The molecule has 0 N–H and O–H groups in total. The monoisotopic (exact) mass is 231 g/mol. The van der Waals surface area contributed by atoms with E-state index in [1.165, 1.54) is 0 Å². The molecule has 3 nitrogen and oxygen atoms in total. The van der Waals surface area contributed by atoms with Crippen molar-refractivity contribution in [1.29, 1.82) is 0 Å². The minimum atomic E-state index is -0.163. The van der Waals surface area contributed by atoms with Gasteiger partial charge >= 0.3 is 0 Å². The Hall–Kier alpha value is -0.530. The zero-order chi connectivity index (χ0) is 9.19. The summed E-state index contributed by atoms with van der Waals surface area (Å²) in [6.45, 7) is 3.23. The molecule has 1 aliphatic rings. The number of likely N-dealkylation sites (tertiary alicyclic amines) is 1. The molecule has 0 radical (unpaired) electrons. The third kappa shape index (κ3) is 1.79. The molecule has 0 aromatic carbocycles. The number of carbonyl (C=O) groups excluding carboxylic acids is 1. The predicted molar refractivity (Wildman–Crippen MR) is 48.7 cm³/mol. The Morgan fingerprint density at radius 1 is 1.67 bits per heavy atom. The lowest BCUT2D eigenvalue weighted by Gasteiger charge is -2.45. The molecule has 0 aromatic rings. The van der Waals surface area contributed by atoms with Gasteiger partial charge in [-0.25, -0.2) is 0 Å². The Labute approximate surface area is 80.2 Å². The van der Waals surface area contributed by atoms with E-state index in [4.69, 9.17) is 4.74 Å². The molecule has 1 fully saturated rings. The second-order valence-corrected chi connectivity index (χ2v) is 3.43. The highest BCUT2D eigenvalue weighted by Gasteiger charge is 2.40. The first kappa shape index (κ1) is 9.56. The third-order valence-corrected chi connectivity index (χ3v) is 2.18. The van der Waals surface area contributed by atoms with E-state index < -0.39 is 0 Å². The minimum Gasteiger partial charge on any atom is -0.375 e. The van der Waals surface area contributed by atoms with Crippen LogP contribution in [-0.2, 0) is 9.53 Å². The Kier molecular flexibility index (Phi) is 2.76. The van der Waals surface area contributed by atoms with Crippen LogP contribution >= 0.6 is 15.9 Å². The van der Waals surface area contributed by atoms with Gasteiger partial charge in [-0.15, -0.1) is 0 Å². The van der Waals surface area contributed by atoms with E-state index in [1.54, 1.807) is 12.0 Å². The molecule has 0 spiro atoms. The van der Waals surface area contributed by atoms with Crippen LogP contribution in [0.1, 0.15) is 6.92 Å². The summed E-state index contributed by atoms with van der Waals surface area (Å²) < 4.78 is 5.18. The van der Waals surface area contributed by atoms with Gasteiger partial charge in [-0.1, -0.05) is 0 Å². The number of hydrogen-bond acceptors (Lipinski definition) is 2. The van der Waals surface area contributed by atoms with Crippen LogP contribution in [0.4, 0.5) is 0 Å². The fraction of sp³-hybridized carbons (Fsp3) is 0.625. The first-order valence-corrected chi connectivity index (χ1v) is 4.36. The molecule has 1 saturated heterocycles. The lowest BCUT2D eigenvalue weighted by molar-refractivity contribution is -0.151. The van der Waals surface area contributed by atoms with Gasteiger partial charge in [0.1, 0.15) is 5.60 Å². The first-order valence-electron chi connectivity index (χ1n) is 3.57. The zero-order valence-corrected chi connectivity index (χ0v) is 8.64. The van der Waals surface area contributed by atoms with Crippen molar-refractivity contribution in [2.45, 2.75) is 12.5 Å². The maximum Gasteiger partial charge on any atom is 0.299 e. The summed E-state index contributed by atoms with van der Waals surface area (Å²) in [4.78, 5) is 15.1. The number of amides is 1. The lowest BCUT2D eigenvalue weighted by atomic mass is 9.96. The van der Waals surface area contributed by atoms with E-state index in [0.29, 0.717) is 13.1 Å². The maximum absolute atomic E-state index is 11.1. The number of methoxy groups -OCH3 is 1. The van der Waals surface area contributed by atoms with Gasteiger partial charge in [-0.2, -0.15) is 0 Å². The van der Waals surface area contributed by atoms with E-state index in [-0.39, 0.29) is 11.5 Å². The molecule has 1 amide bonds. The second-order valence-electron chi connectivity index (χ2n) is 3.03. The Morgan fingerprint density at radius 2 is 2.25 bits per heavy atom. The molecule has 0 saturated carbocycles. The largest absolute Gasteiger partial charge is 0.375 e. The average molecular weight is 232 g/mol. The molecule has 1 rings (SSSR count). The Morgan fingerprint density at radius 3 is 2.67 bits per heavy atom. The quantitative estimate of drug-likeness (QED) is 0.619. The van der Waals surface area contributed by atoms with Gasteiger partial charge in [0.25, 0.3) is 5.91 Å². The molecule has 1 aliphatic heterocycles. The summed E-state index contributed by atoms with van der Waals surface area (Å²) in [5, 5.41) is 0. The fourth-order valence-corrected chi connectivity index (χ4v) is 1.32. The van der Waals surface area contributed by atoms with Crippen molar-refractivity contribution in [2.75, 3.05) is 20.2 Å². The normalized spacial score (nSPS) is 19.1. The Balaban J connectivity index is 2.42. The van der Waals surface area contributed by atoms with Crippen LogP contribution < -0.4 is 0 Å². The van der Waals surface area contributed by atoms with Crippen LogP contribution in [0.5, 0.6) is 0 Å². The highest BCUT2D eigenvalue weighted by molar-refractivity contribution is 9.12. The van der Waals surface area contributed by atoms with Crippen molar-refractivity contribution in [1.82, 2.24) is 4.90 Å². The molecule has 0 bridgehead atoms. The molecule has 0 aromatic heterocycles. The minimum absolute atomic E-state index is 0.151. The van der Waals surface area contributed by atoms with Gasteiger partial charge in [0.15, 0.2) is 0 Å². The summed E-state index contributed by atoms with van der Waals surface area (Å²) in [6, 6.07) is 0. The summed E-state index contributed by atoms with van der Waals surface area (Å²) >= 11 is 2.88. The van der Waals surface area contributed by atoms with Crippen molar-refractivity contribution < 1.29 is 9.53 Å². The van der Waals surface area contributed by atoms with Gasteiger partial charge in [0.05, 0.1) is 13.1 Å². The summed E-state index contributed by atoms with van der Waals surface area (Å²) in [7, 11) is 1.65.